The fourth-order valence-electron chi connectivity index (χ4n) is 16.9. The lowest BCUT2D eigenvalue weighted by atomic mass is 9.84. The smallest absolute Gasteiger partial charge is 0.213 e. The molecular weight excluding hydrogens is 1920 g/mol. The summed E-state index contributed by atoms with van der Waals surface area (Å²) in [5.41, 5.74) is 18.2. The number of benzene rings is 12. The molecule has 0 saturated heterocycles. The van der Waals surface area contributed by atoms with Gasteiger partial charge in [0.05, 0.1) is 63.3 Å². The Kier molecular flexibility index (Phi) is 24.3. The molecule has 0 bridgehead atoms. The number of fused-ring (bicyclic) bond motifs is 13. The number of aromatic nitrogens is 6. The molecule has 8 nitrogen and oxygen atoms in total. The lowest BCUT2D eigenvalue weighted by Crippen LogP contribution is -2.10. The molecule has 0 spiro atoms. The summed E-state index contributed by atoms with van der Waals surface area (Å²) in [4.78, 5) is 12.4. The fourth-order valence-corrected chi connectivity index (χ4v) is 23.1. The number of hydrogen-bond donors (Lipinski definition) is 0. The molecule has 0 aliphatic rings. The average Bonchev–Trinajstić information content (AvgIpc) is 1.55. The van der Waals surface area contributed by atoms with E-state index in [1.54, 1.807) is 0 Å². The van der Waals surface area contributed by atoms with E-state index in [1.165, 1.54) is 37.2 Å². The van der Waals surface area contributed by atoms with Crippen LogP contribution in [0.25, 0.3) is 105 Å². The Bertz CT molecular complexity index is 7470. The van der Waals surface area contributed by atoms with Crippen LogP contribution in [0.4, 0.5) is 0 Å². The maximum Gasteiger partial charge on any atom is 0.213 e. The molecular formula is C97H54Cl18N6O2. The SMILES string of the molecule is Cc1cc(Cl)c(C(c2c(Cl)cncc2Cl)c2c(Cl)cc(-n3c4ccccc4c4c5ccccc5oc43)cc2Cl)c(Cl)c1.Cc1cc(Cl)c(C(c2c(Cl)cncc2Cl)c2c(Cl)cc(-n3c4ccccc4c4ccccc43)cc2Cl)c(Cl)c1.Cc1cc(Cl)c(C(c2c(Cl)cncc2Cl)c2c(Cl)cc(-n3c4ccccc4c4oc5ccccc5c43)cc2Cl)c(Cl)c1. The minimum Gasteiger partial charge on any atom is -0.454 e. The van der Waals surface area contributed by atoms with Crippen LogP contribution in [0, 0.1) is 20.8 Å². The third-order valence-corrected chi connectivity index (χ3v) is 27.4. The van der Waals surface area contributed by atoms with E-state index in [9.17, 15) is 0 Å². The van der Waals surface area contributed by atoms with E-state index in [1.807, 2.05) is 207 Å². The molecule has 0 fully saturated rings. The maximum absolute atomic E-state index is 7.17. The van der Waals surface area contributed by atoms with E-state index in [-0.39, 0.29) is 0 Å². The molecule has 0 aliphatic carbocycles. The van der Waals surface area contributed by atoms with Gasteiger partial charge in [0.15, 0.2) is 5.58 Å². The van der Waals surface area contributed by atoms with Crippen molar-refractivity contribution in [1.29, 1.82) is 0 Å². The summed E-state index contributed by atoms with van der Waals surface area (Å²) < 4.78 is 19.0. The zero-order valence-electron chi connectivity index (χ0n) is 63.8. The molecule has 3 atom stereocenters. The minimum absolute atomic E-state index is 0.330. The summed E-state index contributed by atoms with van der Waals surface area (Å²) in [5.74, 6) is -2.02. The average molecular weight is 1970 g/mol. The molecule has 26 heteroatoms. The van der Waals surface area contributed by atoms with Gasteiger partial charge >= 0.3 is 0 Å². The van der Waals surface area contributed by atoms with Crippen molar-refractivity contribution < 1.29 is 8.83 Å². The molecule has 0 saturated carbocycles. The first kappa shape index (κ1) is 85.6. The van der Waals surface area contributed by atoms with Gasteiger partial charge in [-0.2, -0.15) is 0 Å². The standard InChI is InChI=1S/2C33H18Cl6N2O.C31H18Cl6N2/c1-16-10-20(34)28(21(35)11-16)31(30-24(38)14-40-15-25(30)39)29-22(36)12-17(13-23(29)37)41-26-8-4-2-6-18(26)33-32(41)19-7-3-5-9-27(19)42-33;1-16-10-20(34)29(21(35)11-16)32(31-24(38)14-40-15-25(31)39)30-22(36)12-17(13-23(30)37)41-26-8-4-2-6-18(26)28-19-7-3-5-9-27(19)42-33(28)41;1-16-10-20(32)28(21(33)11-16)31(30-24(36)14-38-15-25(30)37)29-22(34)12-17(13-23(29)35)39-26-8-4-2-6-18(26)19-7-3-5-9-27(19)39/h2-15,31H,1H3;2-15,32H,1H3;2-15,31H,1H3. The summed E-state index contributed by atoms with van der Waals surface area (Å²) in [7, 11) is 0. The number of halogens is 18. The second-order valence-electron chi connectivity index (χ2n) is 29.4. The van der Waals surface area contributed by atoms with Crippen LogP contribution in [0.5, 0.6) is 0 Å². The molecule has 8 aromatic heterocycles. The monoisotopic (exact) mass is 1960 g/mol. The van der Waals surface area contributed by atoms with Crippen LogP contribution >= 0.6 is 209 Å². The lowest BCUT2D eigenvalue weighted by Gasteiger charge is -2.26. The highest BCUT2D eigenvalue weighted by Crippen LogP contribution is 2.55. The molecule has 20 rings (SSSR count). The van der Waals surface area contributed by atoms with Crippen LogP contribution in [0.2, 0.25) is 90.4 Å². The van der Waals surface area contributed by atoms with E-state index >= 15 is 0 Å². The van der Waals surface area contributed by atoms with Crippen LogP contribution in [-0.4, -0.2) is 28.7 Å². The Morgan fingerprint density at radius 1 is 0.236 bits per heavy atom. The van der Waals surface area contributed by atoms with E-state index < -0.39 is 17.8 Å². The molecule has 3 unspecified atom stereocenters. The van der Waals surface area contributed by atoms with Gasteiger partial charge in [-0.3, -0.25) is 19.5 Å². The van der Waals surface area contributed by atoms with Crippen LogP contribution in [0.1, 0.15) is 84.5 Å². The van der Waals surface area contributed by atoms with Gasteiger partial charge < -0.3 is 18.0 Å². The van der Waals surface area contributed by atoms with Gasteiger partial charge in [0.25, 0.3) is 0 Å². The summed E-state index contributed by atoms with van der Waals surface area (Å²) in [5, 5.41) is 14.4. The predicted molar refractivity (Wildman–Crippen MR) is 521 cm³/mol. The van der Waals surface area contributed by atoms with E-state index in [0.717, 1.165) is 116 Å². The molecule has 0 radical (unpaired) electrons. The van der Waals surface area contributed by atoms with Gasteiger partial charge in [0.1, 0.15) is 16.7 Å². The first-order valence-electron chi connectivity index (χ1n) is 37.8. The second kappa shape index (κ2) is 34.9. The number of nitrogens with zero attached hydrogens (tertiary/aromatic N) is 6. The molecule has 123 heavy (non-hydrogen) atoms. The Hall–Kier alpha value is -8.21. The molecule has 0 N–H and O–H groups in total. The minimum atomic E-state index is -0.685. The van der Waals surface area contributed by atoms with Crippen LogP contribution in [0.15, 0.2) is 264 Å². The maximum atomic E-state index is 7.17. The first-order chi connectivity index (χ1) is 59.2. The third-order valence-electron chi connectivity index (χ3n) is 21.9. The van der Waals surface area contributed by atoms with Crippen molar-refractivity contribution in [1.82, 2.24) is 28.7 Å². The van der Waals surface area contributed by atoms with Gasteiger partial charge in [-0.15, -0.1) is 0 Å². The van der Waals surface area contributed by atoms with Gasteiger partial charge in [-0.25, -0.2) is 0 Å². The Labute approximate surface area is 794 Å². The van der Waals surface area contributed by atoms with Crippen LogP contribution in [-0.2, 0) is 0 Å². The predicted octanol–water partition coefficient (Wildman–Crippen LogP) is 36.3. The molecule has 0 aliphatic heterocycles. The van der Waals surface area contributed by atoms with E-state index in [2.05, 4.69) is 60.5 Å². The van der Waals surface area contributed by atoms with Gasteiger partial charge in [-0.05, 0) is 159 Å². The van der Waals surface area contributed by atoms with Crippen molar-refractivity contribution in [2.45, 2.75) is 38.5 Å². The summed E-state index contributed by atoms with van der Waals surface area (Å²) in [6.07, 6.45) is 9.14. The van der Waals surface area contributed by atoms with Crippen molar-refractivity contribution in [3.05, 3.63) is 413 Å². The molecule has 20 aromatic rings. The zero-order chi connectivity index (χ0) is 86.0. The molecule has 0 amide bonds. The third kappa shape index (κ3) is 15.4. The topological polar surface area (TPSA) is 79.7 Å². The Morgan fingerprint density at radius 2 is 0.480 bits per heavy atom. The van der Waals surface area contributed by atoms with Crippen molar-refractivity contribution in [3.63, 3.8) is 0 Å². The molecule has 8 heterocycles. The van der Waals surface area contributed by atoms with Gasteiger partial charge in [-0.1, -0.05) is 306 Å². The largest absolute Gasteiger partial charge is 0.454 e. The fraction of sp³-hybridized carbons (Fsp3) is 0.0619. The van der Waals surface area contributed by atoms with Crippen molar-refractivity contribution in [3.8, 4) is 17.1 Å². The highest BCUT2D eigenvalue weighted by Gasteiger charge is 2.36. The van der Waals surface area contributed by atoms with Crippen molar-refractivity contribution >= 4 is 297 Å². The number of rotatable bonds is 12. The summed E-state index contributed by atoms with van der Waals surface area (Å²) in [6, 6.07) is 70.8. The summed E-state index contributed by atoms with van der Waals surface area (Å²) >= 11 is 124. The van der Waals surface area contributed by atoms with Crippen molar-refractivity contribution in [2.75, 3.05) is 0 Å². The van der Waals surface area contributed by atoms with E-state index in [0.29, 0.717) is 146 Å². The van der Waals surface area contributed by atoms with E-state index in [4.69, 9.17) is 218 Å². The first-order valence-corrected chi connectivity index (χ1v) is 44.6. The Morgan fingerprint density at radius 3 is 0.829 bits per heavy atom. The highest BCUT2D eigenvalue weighted by atomic mass is 35.5. The number of hydrogen-bond acceptors (Lipinski definition) is 5. The van der Waals surface area contributed by atoms with Crippen LogP contribution in [0.3, 0.4) is 0 Å². The van der Waals surface area contributed by atoms with Crippen molar-refractivity contribution in [2.24, 2.45) is 0 Å². The van der Waals surface area contributed by atoms with Crippen LogP contribution < -0.4 is 0 Å². The zero-order valence-corrected chi connectivity index (χ0v) is 77.4. The molecule has 12 aromatic carbocycles. The summed E-state index contributed by atoms with van der Waals surface area (Å²) in [6.45, 7) is 5.75. The lowest BCUT2D eigenvalue weighted by molar-refractivity contribution is 0.645. The number of aryl methyl sites for hydroxylation is 3. The Balaban J connectivity index is 0.000000126. The highest BCUT2D eigenvalue weighted by molar-refractivity contribution is 6.44. The normalized spacial score (nSPS) is 12.5. The molecule has 610 valence electrons. The number of para-hydroxylation sites is 6. The van der Waals surface area contributed by atoms with Gasteiger partial charge in [0.2, 0.25) is 5.71 Å². The number of pyridine rings is 3. The quantitative estimate of drug-likeness (QED) is 0.122. The van der Waals surface area contributed by atoms with Gasteiger partial charge in [0, 0.05) is 209 Å². The second-order valence-corrected chi connectivity index (χ2v) is 36.7. The number of furan rings is 2.